The van der Waals surface area contributed by atoms with E-state index in [1.54, 1.807) is 12.1 Å². The minimum atomic E-state index is -0.447. The van der Waals surface area contributed by atoms with Crippen LogP contribution in [0.1, 0.15) is 30.4 Å². The summed E-state index contributed by atoms with van der Waals surface area (Å²) in [5, 5.41) is 0. The molecule has 0 amide bonds. The zero-order valence-electron chi connectivity index (χ0n) is 11.9. The molecule has 1 aliphatic carbocycles. The Bertz CT molecular complexity index is 615. The first-order valence-corrected chi connectivity index (χ1v) is 7.08. The predicted molar refractivity (Wildman–Crippen MR) is 82.2 cm³/mol. The van der Waals surface area contributed by atoms with E-state index in [0.717, 1.165) is 24.0 Å². The second kappa shape index (κ2) is 5.54. The highest BCUT2D eigenvalue weighted by molar-refractivity contribution is 5.81. The predicted octanol–water partition coefficient (Wildman–Crippen LogP) is 4.11. The monoisotopic (exact) mass is 287 g/mol. The number of ether oxygens (including phenoxy) is 2. The fourth-order valence-electron chi connectivity index (χ4n) is 3.04. The maximum absolute atomic E-state index is 13.8. The summed E-state index contributed by atoms with van der Waals surface area (Å²) in [5.41, 5.74) is 3.07. The van der Waals surface area contributed by atoms with E-state index in [1.165, 1.54) is 6.07 Å². The van der Waals surface area contributed by atoms with Crippen molar-refractivity contribution in [2.24, 2.45) is 4.99 Å². The lowest BCUT2D eigenvalue weighted by Crippen LogP contribution is -2.31. The first-order chi connectivity index (χ1) is 10.2. The minimum Gasteiger partial charge on any atom is -0.347 e. The van der Waals surface area contributed by atoms with Crippen LogP contribution in [0.15, 0.2) is 29.8 Å². The van der Waals surface area contributed by atoms with Crippen LogP contribution in [0.3, 0.4) is 0 Å². The number of allylic oxidation sites excluding steroid dienone is 1. The molecular weight excluding hydrogens is 269 g/mol. The van der Waals surface area contributed by atoms with Gasteiger partial charge in [0, 0.05) is 18.4 Å². The maximum atomic E-state index is 13.8. The number of aliphatic imine (C=N–C) groups is 1. The molecule has 0 bridgehead atoms. The molecular formula is C17H18FNO2. The van der Waals surface area contributed by atoms with Crippen LogP contribution in [-0.2, 0) is 9.47 Å². The van der Waals surface area contributed by atoms with Gasteiger partial charge in [0.15, 0.2) is 5.79 Å². The Morgan fingerprint density at radius 3 is 2.62 bits per heavy atom. The number of benzene rings is 1. The lowest BCUT2D eigenvalue weighted by Gasteiger charge is -2.31. The van der Waals surface area contributed by atoms with Gasteiger partial charge in [0.2, 0.25) is 0 Å². The Hall–Kier alpha value is -1.78. The number of nitrogens with zero attached hydrogens (tertiary/aromatic N) is 1. The lowest BCUT2D eigenvalue weighted by molar-refractivity contribution is -0.159. The van der Waals surface area contributed by atoms with E-state index < -0.39 is 5.79 Å². The number of rotatable bonds is 3. The third-order valence-corrected chi connectivity index (χ3v) is 4.12. The average molecular weight is 287 g/mol. The quantitative estimate of drug-likeness (QED) is 0.783. The molecule has 1 aromatic carbocycles. The number of hydrogen-bond donors (Lipinski definition) is 0. The van der Waals surface area contributed by atoms with E-state index in [1.807, 2.05) is 0 Å². The van der Waals surface area contributed by atoms with Crippen LogP contribution < -0.4 is 0 Å². The summed E-state index contributed by atoms with van der Waals surface area (Å²) in [5.74, 6) is -0.823. The molecule has 0 saturated carbocycles. The van der Waals surface area contributed by atoms with Crippen molar-refractivity contribution in [3.63, 3.8) is 0 Å². The first-order valence-electron chi connectivity index (χ1n) is 7.08. The molecule has 1 aliphatic heterocycles. The van der Waals surface area contributed by atoms with E-state index >= 15 is 0 Å². The van der Waals surface area contributed by atoms with Crippen molar-refractivity contribution >= 4 is 24.1 Å². The van der Waals surface area contributed by atoms with E-state index in [0.29, 0.717) is 25.2 Å². The topological polar surface area (TPSA) is 30.8 Å². The first kappa shape index (κ1) is 14.2. The number of halogens is 1. The van der Waals surface area contributed by atoms with Crippen molar-refractivity contribution in [3.05, 3.63) is 41.7 Å². The van der Waals surface area contributed by atoms with Gasteiger partial charge in [-0.1, -0.05) is 24.8 Å². The molecule has 1 spiro atoms. The van der Waals surface area contributed by atoms with Crippen LogP contribution in [0.2, 0.25) is 0 Å². The summed E-state index contributed by atoms with van der Waals surface area (Å²) in [4.78, 5) is 3.79. The Morgan fingerprint density at radius 1 is 1.29 bits per heavy atom. The molecule has 2 aliphatic rings. The van der Waals surface area contributed by atoms with Crippen molar-refractivity contribution in [2.45, 2.75) is 25.0 Å². The van der Waals surface area contributed by atoms with Gasteiger partial charge in [-0.25, -0.2) is 4.39 Å². The summed E-state index contributed by atoms with van der Waals surface area (Å²) in [6.45, 7) is 8.53. The van der Waals surface area contributed by atoms with E-state index in [-0.39, 0.29) is 11.5 Å². The third kappa shape index (κ3) is 2.45. The second-order valence-corrected chi connectivity index (χ2v) is 5.26. The van der Waals surface area contributed by atoms with Crippen molar-refractivity contribution in [1.82, 2.24) is 0 Å². The van der Waals surface area contributed by atoms with Gasteiger partial charge < -0.3 is 9.47 Å². The minimum absolute atomic E-state index is 0.261. The van der Waals surface area contributed by atoms with Gasteiger partial charge in [0.05, 0.1) is 13.2 Å². The van der Waals surface area contributed by atoms with Crippen molar-refractivity contribution in [3.8, 4) is 0 Å². The average Bonchev–Trinajstić information content (AvgIpc) is 2.96. The molecule has 0 atom stereocenters. The van der Waals surface area contributed by atoms with Crippen LogP contribution in [-0.4, -0.2) is 25.7 Å². The summed E-state index contributed by atoms with van der Waals surface area (Å²) in [6.07, 6.45) is 6.10. The Balaban J connectivity index is 1.96. The molecule has 0 radical (unpaired) electrons. The van der Waals surface area contributed by atoms with Crippen LogP contribution in [0, 0.1) is 5.82 Å². The highest BCUT2D eigenvalue weighted by Crippen LogP contribution is 2.41. The van der Waals surface area contributed by atoms with E-state index in [9.17, 15) is 4.39 Å². The van der Waals surface area contributed by atoms with Gasteiger partial charge in [-0.05, 0) is 30.3 Å². The standard InChI is InChI=1S/C17H18FNO2/c1-3-13-14(4-5-15(18)16(13)19-2)12-6-8-17(9-7-12)20-10-11-21-17/h3-6H,1-2,7-11H2. The summed E-state index contributed by atoms with van der Waals surface area (Å²) < 4.78 is 25.2. The molecule has 21 heavy (non-hydrogen) atoms. The molecule has 4 heteroatoms. The fraction of sp³-hybridized carbons (Fsp3) is 0.353. The summed E-state index contributed by atoms with van der Waals surface area (Å²) in [7, 11) is 0. The highest BCUT2D eigenvalue weighted by Gasteiger charge is 2.37. The van der Waals surface area contributed by atoms with Crippen molar-refractivity contribution < 1.29 is 13.9 Å². The van der Waals surface area contributed by atoms with Crippen LogP contribution in [0.25, 0.3) is 11.6 Å². The summed E-state index contributed by atoms with van der Waals surface area (Å²) in [6, 6.07) is 3.21. The van der Waals surface area contributed by atoms with Crippen molar-refractivity contribution in [1.29, 1.82) is 0 Å². The van der Waals surface area contributed by atoms with Gasteiger partial charge >= 0.3 is 0 Å². The third-order valence-electron chi connectivity index (χ3n) is 4.12. The van der Waals surface area contributed by atoms with E-state index in [2.05, 4.69) is 24.4 Å². The SMILES string of the molecule is C=Cc1c(C2=CCC3(CC2)OCCO3)ccc(F)c1N=C. The van der Waals surface area contributed by atoms with Gasteiger partial charge in [-0.3, -0.25) is 4.99 Å². The molecule has 3 nitrogen and oxygen atoms in total. The van der Waals surface area contributed by atoms with Gasteiger partial charge in [-0.15, -0.1) is 0 Å². The highest BCUT2D eigenvalue weighted by atomic mass is 19.1. The Kier molecular flexibility index (Phi) is 3.74. The molecule has 1 aromatic rings. The molecule has 1 fully saturated rings. The molecule has 0 N–H and O–H groups in total. The van der Waals surface area contributed by atoms with Crippen molar-refractivity contribution in [2.75, 3.05) is 13.2 Å². The van der Waals surface area contributed by atoms with Gasteiger partial charge in [0.25, 0.3) is 0 Å². The Labute approximate surface area is 123 Å². The Morgan fingerprint density at radius 2 is 2.05 bits per heavy atom. The molecule has 0 aromatic heterocycles. The van der Waals surface area contributed by atoms with Crippen LogP contribution >= 0.6 is 0 Å². The van der Waals surface area contributed by atoms with Gasteiger partial charge in [-0.2, -0.15) is 0 Å². The fourth-order valence-corrected chi connectivity index (χ4v) is 3.04. The van der Waals surface area contributed by atoms with Crippen LogP contribution in [0.4, 0.5) is 10.1 Å². The summed E-state index contributed by atoms with van der Waals surface area (Å²) >= 11 is 0. The van der Waals surface area contributed by atoms with Crippen LogP contribution in [0.5, 0.6) is 0 Å². The molecule has 1 heterocycles. The second-order valence-electron chi connectivity index (χ2n) is 5.26. The van der Waals surface area contributed by atoms with E-state index in [4.69, 9.17) is 9.47 Å². The van der Waals surface area contributed by atoms with Gasteiger partial charge in [0.1, 0.15) is 11.5 Å². The lowest BCUT2D eigenvalue weighted by atomic mass is 9.87. The maximum Gasteiger partial charge on any atom is 0.172 e. The largest absolute Gasteiger partial charge is 0.347 e. The zero-order chi connectivity index (χ0) is 14.9. The molecule has 0 unspecified atom stereocenters. The number of hydrogen-bond acceptors (Lipinski definition) is 3. The smallest absolute Gasteiger partial charge is 0.172 e. The zero-order valence-corrected chi connectivity index (χ0v) is 11.9. The molecule has 110 valence electrons. The molecule has 3 rings (SSSR count). The normalized spacial score (nSPS) is 20.3. The molecule has 1 saturated heterocycles.